The Labute approximate surface area is 614 Å². The second-order valence-corrected chi connectivity index (χ2v) is 28.7. The van der Waals surface area contributed by atoms with E-state index in [4.69, 9.17) is 38.3 Å². The standard InChI is InChI=1S/C28H30FNO7S.C27H29FN2O4.C27H28FNO5/c1-28(32,15-14-23(31)19-6-12-24(25(16-19)35-2)37-22-10-11-22)26-13-7-20(17-36-38(3,33)34)27(30-26)18-4-8-21(29)9-5-18;1-27(32,25-12-6-19(16-29)26(30-25)17-3-7-20(28)8-4-17)14-13-22(31)18-5-11-23(24(15-18)33-2)34-21-9-10-21;1-27(32,25-12-6-19(16-30)26(29-25)17-3-7-20(28)8-4-17)14-13-22(31)18-5-11-23(24(15-18)33-2)34-21-9-10-21/h4-9,12-13,16,22,32H,10-11,14-15,17H2,1-3H3;3-8,11-12,15,21,32H,9-10,13-14,16,29H2,1-2H3;3-8,11-12,15,21,30,32H,9-10,13-14,16H2,1-2H3. The first-order chi connectivity index (χ1) is 50.6. The topological polar surface area (TPSA) is 296 Å². The molecule has 0 saturated heterocycles. The number of hydrogen-bond donors (Lipinski definition) is 5. The molecule has 3 unspecified atom stereocenters. The third-order valence-electron chi connectivity index (χ3n) is 18.2. The number of aliphatic hydroxyl groups is 4. The van der Waals surface area contributed by atoms with Gasteiger partial charge in [-0.1, -0.05) is 18.2 Å². The zero-order valence-electron chi connectivity index (χ0n) is 60.1. The number of carbonyl (C=O) groups excluding carboxylic acids is 3. The van der Waals surface area contributed by atoms with Crippen LogP contribution in [0.25, 0.3) is 33.8 Å². The van der Waals surface area contributed by atoms with Gasteiger partial charge in [0.15, 0.2) is 51.8 Å². The Hall–Kier alpha value is -9.92. The molecule has 0 radical (unpaired) electrons. The molecule has 0 bridgehead atoms. The van der Waals surface area contributed by atoms with E-state index in [9.17, 15) is 56.4 Å². The SMILES string of the molecule is COc1cc(C(=O)CCC(C)(O)c2ccc(CN)c(-c3ccc(F)cc3)n2)ccc1OC1CC1.COc1cc(C(=O)CCC(C)(O)c2ccc(CO)c(-c3ccc(F)cc3)n2)ccc1OC1CC1.COc1cc(C(=O)CCC(C)(O)c2ccc(COS(C)(=O)=O)c(-c3ccc(F)cc3)n2)ccc1OC1CC1. The number of aromatic nitrogens is 3. The molecule has 3 aliphatic rings. The molecule has 106 heavy (non-hydrogen) atoms. The molecule has 558 valence electrons. The van der Waals surface area contributed by atoms with Crippen molar-refractivity contribution in [1.29, 1.82) is 0 Å². The third-order valence-corrected chi connectivity index (χ3v) is 18.7. The van der Waals surface area contributed by atoms with Gasteiger partial charge in [-0.3, -0.25) is 18.6 Å². The van der Waals surface area contributed by atoms with Crippen molar-refractivity contribution >= 4 is 27.5 Å². The van der Waals surface area contributed by atoms with Gasteiger partial charge in [-0.25, -0.2) is 28.1 Å². The van der Waals surface area contributed by atoms with Crippen molar-refractivity contribution in [3.8, 4) is 68.3 Å². The minimum atomic E-state index is -3.71. The zero-order chi connectivity index (χ0) is 76.1. The van der Waals surface area contributed by atoms with Gasteiger partial charge in [0.1, 0.15) is 34.3 Å². The van der Waals surface area contributed by atoms with E-state index in [0.29, 0.717) is 107 Å². The first kappa shape index (κ1) is 78.7. The van der Waals surface area contributed by atoms with Crippen LogP contribution in [0.1, 0.15) is 163 Å². The van der Waals surface area contributed by atoms with Gasteiger partial charge >= 0.3 is 0 Å². The Kier molecular flexibility index (Phi) is 25.6. The largest absolute Gasteiger partial charge is 0.493 e. The van der Waals surface area contributed by atoms with Crippen LogP contribution >= 0.6 is 0 Å². The lowest BCUT2D eigenvalue weighted by Gasteiger charge is -2.24. The Morgan fingerprint density at radius 2 is 0.736 bits per heavy atom. The summed E-state index contributed by atoms with van der Waals surface area (Å²) in [6.45, 7) is 4.51. The highest BCUT2D eigenvalue weighted by molar-refractivity contribution is 7.85. The number of hydrogen-bond acceptors (Lipinski definition) is 20. The minimum absolute atomic E-state index is 0.0332. The number of benzene rings is 6. The van der Waals surface area contributed by atoms with Crippen LogP contribution in [0, 0.1) is 17.5 Å². The zero-order valence-corrected chi connectivity index (χ0v) is 60.9. The average molecular weight is 1470 g/mol. The predicted molar refractivity (Wildman–Crippen MR) is 392 cm³/mol. The summed E-state index contributed by atoms with van der Waals surface area (Å²) in [5, 5.41) is 43.2. The number of halogens is 3. The fraction of sp³-hybridized carbons (Fsp3) is 0.341. The molecule has 3 atom stereocenters. The second kappa shape index (κ2) is 34.5. The molecule has 3 aromatic heterocycles. The van der Waals surface area contributed by atoms with Gasteiger partial charge in [0.25, 0.3) is 10.1 Å². The normalized spacial score (nSPS) is 15.0. The summed E-state index contributed by atoms with van der Waals surface area (Å²) in [6, 6.07) is 42.6. The highest BCUT2D eigenvalue weighted by atomic mass is 32.2. The molecule has 3 saturated carbocycles. The molecule has 9 aromatic rings. The van der Waals surface area contributed by atoms with E-state index < -0.39 is 32.7 Å². The molecule has 20 nitrogen and oxygen atoms in total. The Morgan fingerprint density at radius 1 is 0.443 bits per heavy atom. The molecule has 3 aliphatic carbocycles. The maximum atomic E-state index is 13.5. The van der Waals surface area contributed by atoms with E-state index in [0.717, 1.165) is 50.3 Å². The van der Waals surface area contributed by atoms with E-state index in [1.54, 1.807) is 143 Å². The summed E-state index contributed by atoms with van der Waals surface area (Å²) >= 11 is 0. The summed E-state index contributed by atoms with van der Waals surface area (Å²) in [5.74, 6) is 1.76. The van der Waals surface area contributed by atoms with Crippen molar-refractivity contribution in [2.24, 2.45) is 5.73 Å². The number of ether oxygens (including phenoxy) is 6. The van der Waals surface area contributed by atoms with Gasteiger partial charge in [0.05, 0.1) is 93.3 Å². The number of nitrogens with zero attached hydrogens (tertiary/aromatic N) is 3. The number of rotatable bonds is 32. The van der Waals surface area contributed by atoms with Gasteiger partial charge in [-0.15, -0.1) is 0 Å². The van der Waals surface area contributed by atoms with Gasteiger partial charge in [0, 0.05) is 70.3 Å². The maximum absolute atomic E-state index is 13.5. The van der Waals surface area contributed by atoms with Crippen molar-refractivity contribution in [2.75, 3.05) is 27.6 Å². The van der Waals surface area contributed by atoms with Crippen LogP contribution in [0.15, 0.2) is 164 Å². The molecular formula is C82H87F3N4O16S. The van der Waals surface area contributed by atoms with Crippen LogP contribution in [0.3, 0.4) is 0 Å². The lowest BCUT2D eigenvalue weighted by Crippen LogP contribution is -2.24. The molecule has 3 fully saturated rings. The van der Waals surface area contributed by atoms with E-state index in [-0.39, 0.29) is 111 Å². The van der Waals surface area contributed by atoms with Crippen LogP contribution in [0.2, 0.25) is 0 Å². The predicted octanol–water partition coefficient (Wildman–Crippen LogP) is 14.4. The fourth-order valence-corrected chi connectivity index (χ4v) is 11.7. The van der Waals surface area contributed by atoms with Crippen molar-refractivity contribution < 1.29 is 89.0 Å². The summed E-state index contributed by atoms with van der Waals surface area (Å²) < 4.78 is 102. The van der Waals surface area contributed by atoms with Crippen LogP contribution < -0.4 is 34.2 Å². The number of ketones is 3. The first-order valence-electron chi connectivity index (χ1n) is 34.8. The third kappa shape index (κ3) is 21.4. The Bertz CT molecular complexity index is 4510. The average Bonchev–Trinajstić information content (AvgIpc) is 1.76. The molecule has 0 amide bonds. The monoisotopic (exact) mass is 1470 g/mol. The molecule has 0 spiro atoms. The number of nitrogens with two attached hydrogens (primary N) is 1. The van der Waals surface area contributed by atoms with Gasteiger partial charge in [0.2, 0.25) is 0 Å². The Morgan fingerprint density at radius 3 is 1.02 bits per heavy atom. The lowest BCUT2D eigenvalue weighted by atomic mass is 9.91. The molecule has 3 heterocycles. The van der Waals surface area contributed by atoms with Crippen molar-refractivity contribution in [3.05, 3.63) is 232 Å². The van der Waals surface area contributed by atoms with E-state index >= 15 is 0 Å². The summed E-state index contributed by atoms with van der Waals surface area (Å²) in [4.78, 5) is 52.5. The highest BCUT2D eigenvalue weighted by Gasteiger charge is 2.33. The molecule has 0 aliphatic heterocycles. The summed E-state index contributed by atoms with van der Waals surface area (Å²) in [5.41, 5.74) is 9.13. The first-order valence-corrected chi connectivity index (χ1v) is 36.6. The van der Waals surface area contributed by atoms with Crippen molar-refractivity contribution in [3.63, 3.8) is 0 Å². The molecule has 6 N–H and O–H groups in total. The minimum Gasteiger partial charge on any atom is -0.493 e. The maximum Gasteiger partial charge on any atom is 0.264 e. The van der Waals surface area contributed by atoms with Crippen molar-refractivity contribution in [1.82, 2.24) is 15.0 Å². The van der Waals surface area contributed by atoms with Gasteiger partial charge in [-0.2, -0.15) is 8.42 Å². The quantitative estimate of drug-likeness (QED) is 0.0193. The van der Waals surface area contributed by atoms with Gasteiger partial charge < -0.3 is 54.6 Å². The molecule has 6 aromatic carbocycles. The summed E-state index contributed by atoms with van der Waals surface area (Å²) in [7, 11) is 0.885. The molecule has 24 heteroatoms. The smallest absolute Gasteiger partial charge is 0.264 e. The lowest BCUT2D eigenvalue weighted by molar-refractivity contribution is 0.0396. The number of pyridine rings is 3. The van der Waals surface area contributed by atoms with Crippen molar-refractivity contribution in [2.45, 2.75) is 153 Å². The Balaban J connectivity index is 0.000000170. The molecule has 12 rings (SSSR count). The van der Waals surface area contributed by atoms with E-state index in [1.165, 1.54) is 62.8 Å². The number of Topliss-reactive ketones (excluding diaryl/α,β-unsaturated/α-hetero) is 3. The number of aliphatic hydroxyl groups excluding tert-OH is 1. The second-order valence-electron chi connectivity index (χ2n) is 27.1. The van der Waals surface area contributed by atoms with Gasteiger partial charge in [-0.05, 0) is 230 Å². The highest BCUT2D eigenvalue weighted by Crippen LogP contribution is 2.40. The van der Waals surface area contributed by atoms with E-state index in [2.05, 4.69) is 15.0 Å². The number of methoxy groups -OCH3 is 3. The fourth-order valence-electron chi connectivity index (χ4n) is 11.3. The summed E-state index contributed by atoms with van der Waals surface area (Å²) in [6.07, 6.45) is 8.31. The van der Waals surface area contributed by atoms with Crippen LogP contribution in [0.5, 0.6) is 34.5 Å². The number of carbonyl (C=O) groups is 3. The van der Waals surface area contributed by atoms with E-state index in [1.807, 2.05) is 0 Å². The van der Waals surface area contributed by atoms with Crippen LogP contribution in [-0.4, -0.2) is 107 Å². The van der Waals surface area contributed by atoms with Crippen LogP contribution in [-0.2, 0) is 50.9 Å². The van der Waals surface area contributed by atoms with Crippen LogP contribution in [0.4, 0.5) is 13.2 Å². The molecular weight excluding hydrogens is 1390 g/mol.